The van der Waals surface area contributed by atoms with E-state index in [0.717, 1.165) is 11.5 Å². The van der Waals surface area contributed by atoms with Gasteiger partial charge in [-0.25, -0.2) is 4.98 Å². The molecule has 7 nitrogen and oxygen atoms in total. The Morgan fingerprint density at radius 1 is 1.11 bits per heavy atom. The summed E-state index contributed by atoms with van der Waals surface area (Å²) < 4.78 is 5.46. The second kappa shape index (κ2) is 4.81. The monoisotopic (exact) mass is 266 g/mol. The van der Waals surface area contributed by atoms with Crippen molar-refractivity contribution in [3.63, 3.8) is 0 Å². The molecule has 0 saturated heterocycles. The number of nitrogens with two attached hydrogens (primary N) is 1. The summed E-state index contributed by atoms with van der Waals surface area (Å²) in [6, 6.07) is 0. The van der Waals surface area contributed by atoms with Crippen LogP contribution in [0.1, 0.15) is 11.5 Å². The minimum atomic E-state index is 0.177. The Kier molecular flexibility index (Phi) is 3.37. The van der Waals surface area contributed by atoms with Gasteiger partial charge in [0.15, 0.2) is 0 Å². The molecule has 0 fully saturated rings. The predicted molar refractivity (Wildman–Crippen MR) is 68.7 cm³/mol. The molecule has 2 aromatic rings. The van der Waals surface area contributed by atoms with E-state index >= 15 is 0 Å². The molecule has 0 spiro atoms. The maximum atomic E-state index is 5.63. The number of rotatable bonds is 3. The summed E-state index contributed by atoms with van der Waals surface area (Å²) >= 11 is 1.22. The summed E-state index contributed by atoms with van der Waals surface area (Å²) in [6.45, 7) is 3.75. The standard InChI is InChI=1S/C10H14N6OS/c1-5-6(2)17-10(12-5)18-9-14-7(11)13-8(15-9)16(3)4/h1-4H3,(H2,11,13,14,15). The fraction of sp³-hybridized carbons (Fsp3) is 0.400. The predicted octanol–water partition coefficient (Wildman–Crippen LogP) is 1.28. The van der Waals surface area contributed by atoms with Gasteiger partial charge in [-0.2, -0.15) is 15.0 Å². The summed E-state index contributed by atoms with van der Waals surface area (Å²) in [7, 11) is 3.67. The zero-order valence-electron chi connectivity index (χ0n) is 10.6. The number of aromatic nitrogens is 4. The van der Waals surface area contributed by atoms with Crippen LogP contribution in [0.4, 0.5) is 11.9 Å². The van der Waals surface area contributed by atoms with Crippen molar-refractivity contribution in [1.82, 2.24) is 19.9 Å². The number of hydrogen-bond acceptors (Lipinski definition) is 8. The molecule has 2 aromatic heterocycles. The van der Waals surface area contributed by atoms with Gasteiger partial charge in [0.1, 0.15) is 5.76 Å². The van der Waals surface area contributed by atoms with Gasteiger partial charge in [-0.1, -0.05) is 0 Å². The van der Waals surface area contributed by atoms with Gasteiger partial charge in [-0.05, 0) is 13.8 Å². The van der Waals surface area contributed by atoms with Crippen molar-refractivity contribution in [2.75, 3.05) is 24.7 Å². The molecule has 0 saturated carbocycles. The van der Waals surface area contributed by atoms with E-state index in [9.17, 15) is 0 Å². The molecule has 0 unspecified atom stereocenters. The Morgan fingerprint density at radius 2 is 1.83 bits per heavy atom. The number of nitrogen functional groups attached to an aromatic ring is 1. The summed E-state index contributed by atoms with van der Waals surface area (Å²) in [5.74, 6) is 1.47. The first-order chi connectivity index (χ1) is 8.45. The van der Waals surface area contributed by atoms with Crippen molar-refractivity contribution in [2.45, 2.75) is 24.2 Å². The van der Waals surface area contributed by atoms with Crippen LogP contribution in [-0.2, 0) is 0 Å². The third-order valence-corrected chi connectivity index (χ3v) is 2.92. The molecule has 0 aliphatic heterocycles. The van der Waals surface area contributed by atoms with E-state index in [4.69, 9.17) is 10.2 Å². The van der Waals surface area contributed by atoms with Crippen LogP contribution in [-0.4, -0.2) is 34.0 Å². The summed E-state index contributed by atoms with van der Waals surface area (Å²) in [6.07, 6.45) is 0. The Labute approximate surface area is 109 Å². The summed E-state index contributed by atoms with van der Waals surface area (Å²) in [5, 5.41) is 0.966. The molecule has 0 aliphatic carbocycles. The van der Waals surface area contributed by atoms with Crippen molar-refractivity contribution < 1.29 is 4.42 Å². The smallest absolute Gasteiger partial charge is 0.264 e. The Bertz CT molecular complexity index is 548. The van der Waals surface area contributed by atoms with Gasteiger partial charge in [0.25, 0.3) is 5.22 Å². The molecule has 18 heavy (non-hydrogen) atoms. The van der Waals surface area contributed by atoms with Gasteiger partial charge < -0.3 is 15.1 Å². The highest BCUT2D eigenvalue weighted by Crippen LogP contribution is 2.26. The third-order valence-electron chi connectivity index (χ3n) is 2.21. The SMILES string of the molecule is Cc1nc(Sc2nc(N)nc(N(C)C)n2)oc1C. The lowest BCUT2D eigenvalue weighted by Gasteiger charge is -2.10. The van der Waals surface area contributed by atoms with Gasteiger partial charge >= 0.3 is 0 Å². The van der Waals surface area contributed by atoms with Gasteiger partial charge in [0, 0.05) is 25.9 Å². The second-order valence-electron chi connectivity index (χ2n) is 3.89. The van der Waals surface area contributed by atoms with Crippen LogP contribution in [0.2, 0.25) is 0 Å². The van der Waals surface area contributed by atoms with Crippen molar-refractivity contribution in [2.24, 2.45) is 0 Å². The van der Waals surface area contributed by atoms with E-state index in [2.05, 4.69) is 19.9 Å². The second-order valence-corrected chi connectivity index (χ2v) is 4.81. The molecule has 0 radical (unpaired) electrons. The molecule has 0 bridgehead atoms. The van der Waals surface area contributed by atoms with Crippen LogP contribution in [0.3, 0.4) is 0 Å². The number of hydrogen-bond donors (Lipinski definition) is 1. The van der Waals surface area contributed by atoms with Crippen LogP contribution in [0.15, 0.2) is 14.8 Å². The Balaban J connectivity index is 2.28. The van der Waals surface area contributed by atoms with Gasteiger partial charge in [-0.3, -0.25) is 0 Å². The van der Waals surface area contributed by atoms with Crippen LogP contribution in [0.25, 0.3) is 0 Å². The fourth-order valence-corrected chi connectivity index (χ4v) is 1.94. The number of oxazole rings is 1. The lowest BCUT2D eigenvalue weighted by Crippen LogP contribution is -2.15. The molecule has 8 heteroatoms. The lowest BCUT2D eigenvalue weighted by atomic mass is 10.4. The van der Waals surface area contributed by atoms with E-state index in [-0.39, 0.29) is 5.95 Å². The molecule has 0 atom stereocenters. The van der Waals surface area contributed by atoms with E-state index < -0.39 is 0 Å². The molecule has 2 rings (SSSR count). The molecule has 96 valence electrons. The van der Waals surface area contributed by atoms with E-state index in [0.29, 0.717) is 16.3 Å². The highest BCUT2D eigenvalue weighted by Gasteiger charge is 2.12. The molecule has 0 aliphatic rings. The summed E-state index contributed by atoms with van der Waals surface area (Å²) in [5.41, 5.74) is 6.49. The first-order valence-corrected chi connectivity index (χ1v) is 6.08. The number of aryl methyl sites for hydroxylation is 2. The number of nitrogens with zero attached hydrogens (tertiary/aromatic N) is 5. The maximum Gasteiger partial charge on any atom is 0.264 e. The van der Waals surface area contributed by atoms with Crippen molar-refractivity contribution in [1.29, 1.82) is 0 Å². The Morgan fingerprint density at radius 3 is 2.39 bits per heavy atom. The normalized spacial score (nSPS) is 10.7. The van der Waals surface area contributed by atoms with Crippen LogP contribution < -0.4 is 10.6 Å². The minimum absolute atomic E-state index is 0.177. The van der Waals surface area contributed by atoms with E-state index in [1.807, 2.05) is 27.9 Å². The van der Waals surface area contributed by atoms with Gasteiger partial charge in [0.2, 0.25) is 17.1 Å². The van der Waals surface area contributed by atoms with Gasteiger partial charge in [-0.15, -0.1) is 0 Å². The quantitative estimate of drug-likeness (QED) is 0.887. The van der Waals surface area contributed by atoms with Crippen LogP contribution in [0, 0.1) is 13.8 Å². The minimum Gasteiger partial charge on any atom is -0.436 e. The molecular weight excluding hydrogens is 252 g/mol. The lowest BCUT2D eigenvalue weighted by molar-refractivity contribution is 0.430. The van der Waals surface area contributed by atoms with Crippen molar-refractivity contribution >= 4 is 23.7 Å². The molecular formula is C10H14N6OS. The van der Waals surface area contributed by atoms with Crippen molar-refractivity contribution in [3.05, 3.63) is 11.5 Å². The first kappa shape index (κ1) is 12.6. The van der Waals surface area contributed by atoms with Gasteiger partial charge in [0.05, 0.1) is 5.69 Å². The molecule has 0 aromatic carbocycles. The zero-order valence-corrected chi connectivity index (χ0v) is 11.4. The first-order valence-electron chi connectivity index (χ1n) is 5.26. The largest absolute Gasteiger partial charge is 0.436 e. The number of anilines is 2. The fourth-order valence-electron chi connectivity index (χ4n) is 1.17. The highest BCUT2D eigenvalue weighted by molar-refractivity contribution is 7.98. The average Bonchev–Trinajstić information content (AvgIpc) is 2.56. The van der Waals surface area contributed by atoms with Crippen LogP contribution >= 0.6 is 11.8 Å². The zero-order chi connectivity index (χ0) is 13.3. The summed E-state index contributed by atoms with van der Waals surface area (Å²) in [4.78, 5) is 18.3. The van der Waals surface area contributed by atoms with E-state index in [1.165, 1.54) is 11.8 Å². The molecule has 2 N–H and O–H groups in total. The average molecular weight is 266 g/mol. The maximum absolute atomic E-state index is 5.63. The van der Waals surface area contributed by atoms with E-state index in [1.54, 1.807) is 4.90 Å². The molecule has 0 amide bonds. The highest BCUT2D eigenvalue weighted by atomic mass is 32.2. The third kappa shape index (κ3) is 2.70. The molecule has 2 heterocycles. The Hall–Kier alpha value is -1.83. The van der Waals surface area contributed by atoms with Crippen LogP contribution in [0.5, 0.6) is 0 Å². The van der Waals surface area contributed by atoms with Crippen molar-refractivity contribution in [3.8, 4) is 0 Å². The topological polar surface area (TPSA) is 94.0 Å².